The molecule has 0 saturated carbocycles. The summed E-state index contributed by atoms with van der Waals surface area (Å²) < 4.78 is 13.3. The van der Waals surface area contributed by atoms with E-state index in [2.05, 4.69) is 0 Å². The van der Waals surface area contributed by atoms with Gasteiger partial charge in [-0.15, -0.1) is 11.3 Å². The topological polar surface area (TPSA) is 23.5 Å². The summed E-state index contributed by atoms with van der Waals surface area (Å²) in [6.45, 7) is 0.249. The average Bonchev–Trinajstić information content (AvgIpc) is 2.53. The summed E-state index contributed by atoms with van der Waals surface area (Å²) in [5.74, 6) is 0. The molecule has 1 aromatic heterocycles. The average molecular weight is 292 g/mol. The standard InChI is InChI=1S/C9H14FNOS.Y/c1-11(2)6-7(10)9(12)8-4-3-5-13-8;/h3-5,7,9,12H,6H2,1-2H3;. The van der Waals surface area contributed by atoms with Crippen molar-refractivity contribution in [2.75, 3.05) is 20.6 Å². The van der Waals surface area contributed by atoms with Crippen LogP contribution in [-0.2, 0) is 32.7 Å². The molecule has 0 spiro atoms. The van der Waals surface area contributed by atoms with Gasteiger partial charge in [0.25, 0.3) is 0 Å². The molecule has 0 saturated heterocycles. The zero-order valence-electron chi connectivity index (χ0n) is 8.35. The number of nitrogens with zero attached hydrogens (tertiary/aromatic N) is 1. The molecule has 0 aliphatic carbocycles. The van der Waals surface area contributed by atoms with E-state index in [9.17, 15) is 9.50 Å². The number of hydrogen-bond donors (Lipinski definition) is 1. The quantitative estimate of drug-likeness (QED) is 0.912. The third kappa shape index (κ3) is 4.45. The monoisotopic (exact) mass is 292 g/mol. The summed E-state index contributed by atoms with van der Waals surface area (Å²) in [5.41, 5.74) is 0. The minimum atomic E-state index is -1.21. The van der Waals surface area contributed by atoms with Crippen molar-refractivity contribution < 1.29 is 42.2 Å². The van der Waals surface area contributed by atoms with E-state index >= 15 is 0 Å². The molecular formula is C9H14FNOSY. The molecule has 1 radical (unpaired) electrons. The Labute approximate surface area is 113 Å². The van der Waals surface area contributed by atoms with E-state index in [1.165, 1.54) is 11.3 Å². The second-order valence-corrected chi connectivity index (χ2v) is 4.22. The maximum Gasteiger partial charge on any atom is 0.143 e. The number of halogens is 1. The van der Waals surface area contributed by atoms with Crippen LogP contribution in [0.1, 0.15) is 11.0 Å². The van der Waals surface area contributed by atoms with E-state index in [1.54, 1.807) is 25.1 Å². The fourth-order valence-corrected chi connectivity index (χ4v) is 1.84. The van der Waals surface area contributed by atoms with Gasteiger partial charge in [0.05, 0.1) is 0 Å². The van der Waals surface area contributed by atoms with Crippen molar-refractivity contribution in [3.8, 4) is 0 Å². The summed E-state index contributed by atoms with van der Waals surface area (Å²) in [6.07, 6.45) is -2.20. The molecule has 0 bridgehead atoms. The van der Waals surface area contributed by atoms with Crippen LogP contribution in [0.5, 0.6) is 0 Å². The van der Waals surface area contributed by atoms with Gasteiger partial charge in [-0.25, -0.2) is 4.39 Å². The molecule has 2 nitrogen and oxygen atoms in total. The maximum absolute atomic E-state index is 13.3. The molecule has 0 aliphatic rings. The van der Waals surface area contributed by atoms with Gasteiger partial charge in [-0.05, 0) is 25.5 Å². The van der Waals surface area contributed by atoms with E-state index in [0.29, 0.717) is 4.88 Å². The fraction of sp³-hybridized carbons (Fsp3) is 0.556. The van der Waals surface area contributed by atoms with E-state index in [4.69, 9.17) is 0 Å². The van der Waals surface area contributed by atoms with Gasteiger partial charge in [-0.1, -0.05) is 6.07 Å². The largest absolute Gasteiger partial charge is 0.384 e. The predicted molar refractivity (Wildman–Crippen MR) is 52.7 cm³/mol. The molecule has 0 fully saturated rings. The smallest absolute Gasteiger partial charge is 0.143 e. The van der Waals surface area contributed by atoms with Crippen LogP contribution in [0.4, 0.5) is 4.39 Å². The number of thiophene rings is 1. The Bertz CT molecular complexity index is 243. The molecule has 1 rings (SSSR count). The van der Waals surface area contributed by atoms with Crippen molar-refractivity contribution >= 4 is 11.3 Å². The SMILES string of the molecule is CN(C)CC(F)C(O)c1cccs1.[Y]. The van der Waals surface area contributed by atoms with Gasteiger partial charge in [0.15, 0.2) is 0 Å². The van der Waals surface area contributed by atoms with Crippen LogP contribution in [0, 0.1) is 0 Å². The van der Waals surface area contributed by atoms with E-state index < -0.39 is 12.3 Å². The Morgan fingerprint density at radius 2 is 2.21 bits per heavy atom. The minimum absolute atomic E-state index is 0. The first-order valence-corrected chi connectivity index (χ1v) is 4.99. The summed E-state index contributed by atoms with van der Waals surface area (Å²) in [4.78, 5) is 2.41. The third-order valence-electron chi connectivity index (χ3n) is 1.72. The zero-order chi connectivity index (χ0) is 9.84. The van der Waals surface area contributed by atoms with E-state index in [1.807, 2.05) is 11.4 Å². The van der Waals surface area contributed by atoms with Crippen LogP contribution in [0.15, 0.2) is 17.5 Å². The molecule has 14 heavy (non-hydrogen) atoms. The fourth-order valence-electron chi connectivity index (χ4n) is 1.09. The van der Waals surface area contributed by atoms with Crippen molar-refractivity contribution in [3.05, 3.63) is 22.4 Å². The number of aliphatic hydroxyl groups excluding tert-OH is 1. The van der Waals surface area contributed by atoms with Gasteiger partial charge >= 0.3 is 0 Å². The summed E-state index contributed by atoms with van der Waals surface area (Å²) >= 11 is 1.38. The van der Waals surface area contributed by atoms with Crippen molar-refractivity contribution in [2.24, 2.45) is 0 Å². The first-order chi connectivity index (χ1) is 6.11. The van der Waals surface area contributed by atoms with Crippen molar-refractivity contribution in [2.45, 2.75) is 12.3 Å². The first-order valence-electron chi connectivity index (χ1n) is 4.11. The van der Waals surface area contributed by atoms with Crippen LogP contribution in [0.2, 0.25) is 0 Å². The number of rotatable bonds is 4. The normalized spacial score (nSPS) is 14.9. The molecule has 1 aromatic rings. The van der Waals surface area contributed by atoms with Crippen LogP contribution >= 0.6 is 11.3 Å². The van der Waals surface area contributed by atoms with Gasteiger partial charge in [0.1, 0.15) is 12.3 Å². The van der Waals surface area contributed by atoms with Gasteiger partial charge in [0.2, 0.25) is 0 Å². The number of aliphatic hydroxyl groups is 1. The van der Waals surface area contributed by atoms with Crippen molar-refractivity contribution in [1.29, 1.82) is 0 Å². The van der Waals surface area contributed by atoms with Crippen molar-refractivity contribution in [3.63, 3.8) is 0 Å². The second-order valence-electron chi connectivity index (χ2n) is 3.24. The van der Waals surface area contributed by atoms with E-state index in [0.717, 1.165) is 0 Å². The third-order valence-corrected chi connectivity index (χ3v) is 2.66. The van der Waals surface area contributed by atoms with Crippen LogP contribution in [-0.4, -0.2) is 36.8 Å². The second kappa shape index (κ2) is 7.01. The molecule has 5 heteroatoms. The van der Waals surface area contributed by atoms with Gasteiger partial charge in [-0.2, -0.15) is 0 Å². The molecule has 1 N–H and O–H groups in total. The molecule has 1 heterocycles. The molecule has 77 valence electrons. The Hall–Kier alpha value is 0.654. The van der Waals surface area contributed by atoms with Crippen molar-refractivity contribution in [1.82, 2.24) is 4.90 Å². The number of hydrogen-bond acceptors (Lipinski definition) is 3. The summed E-state index contributed by atoms with van der Waals surface area (Å²) in [6, 6.07) is 3.56. The van der Waals surface area contributed by atoms with Crippen LogP contribution in [0.25, 0.3) is 0 Å². The number of alkyl halides is 1. The van der Waals surface area contributed by atoms with Crippen LogP contribution in [0.3, 0.4) is 0 Å². The van der Waals surface area contributed by atoms with Gasteiger partial charge in [-0.3, -0.25) is 0 Å². The zero-order valence-corrected chi connectivity index (χ0v) is 12.0. The molecular weight excluding hydrogens is 278 g/mol. The minimum Gasteiger partial charge on any atom is -0.384 e. The predicted octanol–water partition coefficient (Wildman–Crippen LogP) is 1.68. The Morgan fingerprint density at radius 1 is 1.57 bits per heavy atom. The van der Waals surface area contributed by atoms with Crippen LogP contribution < -0.4 is 0 Å². The molecule has 2 atom stereocenters. The molecule has 0 amide bonds. The first kappa shape index (κ1) is 14.7. The Kier molecular flexibility index (Phi) is 7.34. The molecule has 0 aromatic carbocycles. The summed E-state index contributed by atoms with van der Waals surface area (Å²) in [7, 11) is 3.57. The van der Waals surface area contributed by atoms with Gasteiger partial charge < -0.3 is 10.0 Å². The van der Waals surface area contributed by atoms with Gasteiger partial charge in [0, 0.05) is 44.1 Å². The summed E-state index contributed by atoms with van der Waals surface area (Å²) in [5, 5.41) is 11.4. The Morgan fingerprint density at radius 3 is 2.64 bits per heavy atom. The van der Waals surface area contributed by atoms with E-state index in [-0.39, 0.29) is 39.3 Å². The molecule has 0 aliphatic heterocycles. The Balaban J connectivity index is 0.00000169. The maximum atomic E-state index is 13.3. The molecule has 2 unspecified atom stereocenters.